The largest absolute Gasteiger partial charge is 0.318 e. The SMILES string of the molecule is O=C(Nc1cnn(Cc2cncc(Br)c2)c1)c1n[nH]c2cc(-c3cn[nH]c3)ccc12. The zero-order valence-corrected chi connectivity index (χ0v) is 17.1. The first-order valence-corrected chi connectivity index (χ1v) is 9.85. The van der Waals surface area contributed by atoms with Gasteiger partial charge >= 0.3 is 0 Å². The first-order chi connectivity index (χ1) is 14.7. The number of H-pyrrole nitrogens is 2. The third kappa shape index (κ3) is 3.60. The van der Waals surface area contributed by atoms with Crippen LogP contribution >= 0.6 is 15.9 Å². The fourth-order valence-corrected chi connectivity index (χ4v) is 3.63. The third-order valence-electron chi connectivity index (χ3n) is 4.61. The Morgan fingerprint density at radius 3 is 2.90 bits per heavy atom. The molecule has 9 nitrogen and oxygen atoms in total. The number of hydrogen-bond donors (Lipinski definition) is 3. The van der Waals surface area contributed by atoms with Crippen LogP contribution in [0.25, 0.3) is 22.0 Å². The number of rotatable bonds is 5. The van der Waals surface area contributed by atoms with Crippen molar-refractivity contribution in [3.63, 3.8) is 0 Å². The number of halogens is 1. The summed E-state index contributed by atoms with van der Waals surface area (Å²) >= 11 is 3.41. The van der Waals surface area contributed by atoms with E-state index in [4.69, 9.17) is 0 Å². The molecule has 0 atom stereocenters. The van der Waals surface area contributed by atoms with Crippen LogP contribution in [0.2, 0.25) is 0 Å². The van der Waals surface area contributed by atoms with Gasteiger partial charge in [0.25, 0.3) is 5.91 Å². The van der Waals surface area contributed by atoms with Crippen molar-refractivity contribution in [3.05, 3.63) is 77.2 Å². The average Bonchev–Trinajstić information content (AvgIpc) is 3.48. The van der Waals surface area contributed by atoms with Gasteiger partial charge in [0.15, 0.2) is 5.69 Å². The van der Waals surface area contributed by atoms with E-state index in [-0.39, 0.29) is 5.91 Å². The quantitative estimate of drug-likeness (QED) is 0.368. The number of nitrogens with one attached hydrogen (secondary N) is 3. The highest BCUT2D eigenvalue weighted by atomic mass is 79.9. The van der Waals surface area contributed by atoms with Crippen molar-refractivity contribution < 1.29 is 4.79 Å². The molecule has 1 amide bonds. The van der Waals surface area contributed by atoms with Gasteiger partial charge in [0.1, 0.15) is 0 Å². The van der Waals surface area contributed by atoms with E-state index in [1.807, 2.05) is 30.5 Å². The molecule has 148 valence electrons. The van der Waals surface area contributed by atoms with Crippen molar-refractivity contribution >= 4 is 38.4 Å². The van der Waals surface area contributed by atoms with Crippen LogP contribution in [-0.4, -0.2) is 41.1 Å². The molecule has 0 aliphatic carbocycles. The zero-order chi connectivity index (χ0) is 20.5. The van der Waals surface area contributed by atoms with Crippen LogP contribution in [0.4, 0.5) is 5.69 Å². The molecule has 3 N–H and O–H groups in total. The maximum atomic E-state index is 12.8. The van der Waals surface area contributed by atoms with Crippen molar-refractivity contribution in [2.75, 3.05) is 5.32 Å². The summed E-state index contributed by atoms with van der Waals surface area (Å²) in [6.45, 7) is 0.546. The fourth-order valence-electron chi connectivity index (χ4n) is 3.22. The molecule has 0 aliphatic heterocycles. The molecular formula is C20H15BrN8O. The van der Waals surface area contributed by atoms with Crippen LogP contribution in [-0.2, 0) is 6.54 Å². The van der Waals surface area contributed by atoms with E-state index in [2.05, 4.69) is 51.7 Å². The lowest BCUT2D eigenvalue weighted by atomic mass is 10.1. The zero-order valence-electron chi connectivity index (χ0n) is 15.5. The summed E-state index contributed by atoms with van der Waals surface area (Å²) in [4.78, 5) is 16.9. The van der Waals surface area contributed by atoms with Crippen molar-refractivity contribution in [2.45, 2.75) is 6.54 Å². The Bertz CT molecular complexity index is 1340. The second-order valence-corrected chi connectivity index (χ2v) is 7.63. The number of nitrogens with zero attached hydrogens (tertiary/aromatic N) is 5. The Labute approximate surface area is 178 Å². The smallest absolute Gasteiger partial charge is 0.276 e. The monoisotopic (exact) mass is 462 g/mol. The van der Waals surface area contributed by atoms with Gasteiger partial charge in [0.05, 0.1) is 30.1 Å². The molecule has 10 heteroatoms. The summed E-state index contributed by atoms with van der Waals surface area (Å²) in [5.74, 6) is -0.305. The molecule has 0 saturated heterocycles. The van der Waals surface area contributed by atoms with Crippen LogP contribution in [0.3, 0.4) is 0 Å². The van der Waals surface area contributed by atoms with Crippen LogP contribution in [0.1, 0.15) is 16.1 Å². The maximum Gasteiger partial charge on any atom is 0.276 e. The normalized spacial score (nSPS) is 11.1. The number of carbonyl (C=O) groups excluding carboxylic acids is 1. The maximum absolute atomic E-state index is 12.8. The minimum absolute atomic E-state index is 0.305. The summed E-state index contributed by atoms with van der Waals surface area (Å²) in [6.07, 6.45) is 10.4. The van der Waals surface area contributed by atoms with E-state index in [0.29, 0.717) is 17.9 Å². The highest BCUT2D eigenvalue weighted by Crippen LogP contribution is 2.24. The second-order valence-electron chi connectivity index (χ2n) is 6.71. The van der Waals surface area contributed by atoms with Crippen molar-refractivity contribution in [1.29, 1.82) is 0 Å². The number of hydrogen-bond acceptors (Lipinski definition) is 5. The van der Waals surface area contributed by atoms with Gasteiger partial charge in [0.2, 0.25) is 0 Å². The number of anilines is 1. The van der Waals surface area contributed by atoms with E-state index < -0.39 is 0 Å². The highest BCUT2D eigenvalue weighted by molar-refractivity contribution is 9.10. The van der Waals surface area contributed by atoms with Crippen LogP contribution in [0.5, 0.6) is 0 Å². The predicted octanol–water partition coefficient (Wildman–Crippen LogP) is 3.61. The first-order valence-electron chi connectivity index (χ1n) is 9.06. The van der Waals surface area contributed by atoms with Gasteiger partial charge < -0.3 is 5.32 Å². The molecule has 0 bridgehead atoms. The summed E-state index contributed by atoms with van der Waals surface area (Å²) in [6, 6.07) is 7.72. The molecule has 1 aromatic carbocycles. The van der Waals surface area contributed by atoms with Crippen molar-refractivity contribution in [1.82, 2.24) is 35.2 Å². The van der Waals surface area contributed by atoms with Gasteiger partial charge in [-0.05, 0) is 45.3 Å². The number of amides is 1. The molecule has 0 saturated carbocycles. The molecule has 5 rings (SSSR count). The Hall–Kier alpha value is -3.79. The van der Waals surface area contributed by atoms with Gasteiger partial charge in [-0.3, -0.25) is 24.7 Å². The molecule has 4 heterocycles. The summed E-state index contributed by atoms with van der Waals surface area (Å²) in [5.41, 5.74) is 4.64. The number of benzene rings is 1. The Morgan fingerprint density at radius 2 is 2.07 bits per heavy atom. The Morgan fingerprint density at radius 1 is 1.13 bits per heavy atom. The average molecular weight is 463 g/mol. The third-order valence-corrected chi connectivity index (χ3v) is 5.04. The Kier molecular flexibility index (Phi) is 4.60. The molecule has 0 radical (unpaired) electrons. The summed E-state index contributed by atoms with van der Waals surface area (Å²) in [5, 5.41) is 21.8. The minimum Gasteiger partial charge on any atom is -0.318 e. The van der Waals surface area contributed by atoms with Gasteiger partial charge in [-0.15, -0.1) is 0 Å². The number of carbonyl (C=O) groups is 1. The van der Waals surface area contributed by atoms with E-state index in [0.717, 1.165) is 32.1 Å². The highest BCUT2D eigenvalue weighted by Gasteiger charge is 2.16. The van der Waals surface area contributed by atoms with E-state index >= 15 is 0 Å². The minimum atomic E-state index is -0.305. The van der Waals surface area contributed by atoms with Gasteiger partial charge in [-0.25, -0.2) is 0 Å². The lowest BCUT2D eigenvalue weighted by Crippen LogP contribution is -2.12. The van der Waals surface area contributed by atoms with Gasteiger partial charge in [-0.1, -0.05) is 6.07 Å². The number of pyridine rings is 1. The molecule has 0 aliphatic rings. The molecular weight excluding hydrogens is 448 g/mol. The fraction of sp³-hybridized carbons (Fsp3) is 0.0500. The molecule has 0 fully saturated rings. The van der Waals surface area contributed by atoms with E-state index in [9.17, 15) is 4.79 Å². The van der Waals surface area contributed by atoms with E-state index in [1.54, 1.807) is 35.7 Å². The topological polar surface area (TPSA) is 117 Å². The van der Waals surface area contributed by atoms with Crippen LogP contribution in [0, 0.1) is 0 Å². The molecule has 0 unspecified atom stereocenters. The standard InChI is InChI=1S/C20H15BrN8O/c21-15-3-12(5-22-8-15)10-29-11-16(9-25-29)26-20(30)19-17-2-1-13(4-18(17)27-28-19)14-6-23-24-7-14/h1-9,11H,10H2,(H,23,24)(H,26,30)(H,27,28). The number of aromatic amines is 2. The van der Waals surface area contributed by atoms with Crippen LogP contribution < -0.4 is 5.32 Å². The van der Waals surface area contributed by atoms with Gasteiger partial charge in [-0.2, -0.15) is 15.3 Å². The molecule has 0 spiro atoms. The van der Waals surface area contributed by atoms with E-state index in [1.165, 1.54) is 0 Å². The number of fused-ring (bicyclic) bond motifs is 1. The van der Waals surface area contributed by atoms with Crippen LogP contribution in [0.15, 0.2) is 65.9 Å². The number of aromatic nitrogens is 7. The summed E-state index contributed by atoms with van der Waals surface area (Å²) in [7, 11) is 0. The molecule has 5 aromatic rings. The van der Waals surface area contributed by atoms with Crippen molar-refractivity contribution in [3.8, 4) is 11.1 Å². The molecule has 4 aromatic heterocycles. The second kappa shape index (κ2) is 7.56. The lowest BCUT2D eigenvalue weighted by Gasteiger charge is -2.02. The van der Waals surface area contributed by atoms with Gasteiger partial charge in [0, 0.05) is 40.2 Å². The lowest BCUT2D eigenvalue weighted by molar-refractivity contribution is 0.102. The predicted molar refractivity (Wildman–Crippen MR) is 115 cm³/mol. The van der Waals surface area contributed by atoms with Crippen molar-refractivity contribution in [2.24, 2.45) is 0 Å². The Balaban J connectivity index is 1.33. The first kappa shape index (κ1) is 18.3. The summed E-state index contributed by atoms with van der Waals surface area (Å²) < 4.78 is 2.64. The molecule has 30 heavy (non-hydrogen) atoms.